The molecule has 2 heterocycles. The van der Waals surface area contributed by atoms with Crippen molar-refractivity contribution < 1.29 is 4.79 Å². The highest BCUT2D eigenvalue weighted by atomic mass is 16.2. The Balaban J connectivity index is 1.64. The molecule has 2 N–H and O–H groups in total. The fraction of sp³-hybridized carbons (Fsp3) is 0.333. The van der Waals surface area contributed by atoms with Crippen LogP contribution < -0.4 is 5.32 Å². The summed E-state index contributed by atoms with van der Waals surface area (Å²) in [6, 6.07) is 9.53. The van der Waals surface area contributed by atoms with Crippen molar-refractivity contribution >= 4 is 11.7 Å². The predicted octanol–water partition coefficient (Wildman–Crippen LogP) is 2.43. The van der Waals surface area contributed by atoms with E-state index >= 15 is 0 Å². The molecule has 0 bridgehead atoms. The molecule has 2 amide bonds. The average Bonchev–Trinajstić information content (AvgIpc) is 2.86. The molecule has 0 saturated carbocycles. The maximum absolute atomic E-state index is 12.3. The summed E-state index contributed by atoms with van der Waals surface area (Å²) in [6.07, 6.45) is 4.45. The molecule has 3 rings (SSSR count). The maximum atomic E-state index is 12.3. The Bertz CT molecular complexity index is 579. The third kappa shape index (κ3) is 2.82. The highest BCUT2D eigenvalue weighted by Crippen LogP contribution is 2.13. The number of hydrogen-bond donors (Lipinski definition) is 2. The number of carbonyl (C=O) groups excluding carboxylic acids is 1. The van der Waals surface area contributed by atoms with Crippen LogP contribution in [0.1, 0.15) is 17.8 Å². The van der Waals surface area contributed by atoms with Crippen LogP contribution in [0.4, 0.5) is 10.5 Å². The van der Waals surface area contributed by atoms with Gasteiger partial charge < -0.3 is 15.2 Å². The Labute approximate surface area is 118 Å². The normalized spacial score (nSPS) is 15.1. The zero-order valence-electron chi connectivity index (χ0n) is 11.3. The number of nitrogens with one attached hydrogen (secondary N) is 2. The van der Waals surface area contributed by atoms with Gasteiger partial charge in [0, 0.05) is 30.9 Å². The van der Waals surface area contributed by atoms with E-state index in [1.54, 1.807) is 6.33 Å². The number of imidazole rings is 1. The summed E-state index contributed by atoms with van der Waals surface area (Å²) < 4.78 is 0. The average molecular weight is 270 g/mol. The van der Waals surface area contributed by atoms with Crippen LogP contribution >= 0.6 is 0 Å². The highest BCUT2D eigenvalue weighted by Gasteiger charge is 2.18. The van der Waals surface area contributed by atoms with E-state index < -0.39 is 0 Å². The number of aryl methyl sites for hydroxylation is 1. The van der Waals surface area contributed by atoms with Gasteiger partial charge in [0.05, 0.1) is 12.0 Å². The second kappa shape index (κ2) is 5.77. The first-order valence-electron chi connectivity index (χ1n) is 6.95. The van der Waals surface area contributed by atoms with Gasteiger partial charge in [-0.15, -0.1) is 0 Å². The van der Waals surface area contributed by atoms with Crippen LogP contribution in [0.25, 0.3) is 0 Å². The Morgan fingerprint density at radius 1 is 1.20 bits per heavy atom. The third-order valence-corrected chi connectivity index (χ3v) is 3.59. The number of para-hydroxylation sites is 1. The van der Waals surface area contributed by atoms with Crippen LogP contribution in [-0.4, -0.2) is 34.0 Å². The molecule has 20 heavy (non-hydrogen) atoms. The topological polar surface area (TPSA) is 61.0 Å². The molecule has 0 unspecified atom stereocenters. The summed E-state index contributed by atoms with van der Waals surface area (Å²) in [7, 11) is 0. The van der Waals surface area contributed by atoms with Crippen LogP contribution in [0.5, 0.6) is 0 Å². The number of urea groups is 1. The van der Waals surface area contributed by atoms with Crippen molar-refractivity contribution in [3.8, 4) is 0 Å². The largest absolute Gasteiger partial charge is 0.348 e. The third-order valence-electron chi connectivity index (χ3n) is 3.59. The summed E-state index contributed by atoms with van der Waals surface area (Å²) >= 11 is 0. The molecule has 0 saturated heterocycles. The van der Waals surface area contributed by atoms with Gasteiger partial charge in [-0.2, -0.15) is 0 Å². The van der Waals surface area contributed by atoms with E-state index in [1.807, 2.05) is 35.2 Å². The number of aromatic amines is 1. The van der Waals surface area contributed by atoms with Gasteiger partial charge >= 0.3 is 6.03 Å². The number of H-pyrrole nitrogens is 1. The maximum Gasteiger partial charge on any atom is 0.321 e. The number of amides is 2. The van der Waals surface area contributed by atoms with Crippen molar-refractivity contribution in [2.75, 3.05) is 18.4 Å². The van der Waals surface area contributed by atoms with Crippen LogP contribution in [0.3, 0.4) is 0 Å². The minimum Gasteiger partial charge on any atom is -0.348 e. The molecule has 1 aliphatic heterocycles. The minimum absolute atomic E-state index is 0.0322. The van der Waals surface area contributed by atoms with Gasteiger partial charge in [0.25, 0.3) is 0 Å². The number of nitrogens with zero attached hydrogens (tertiary/aromatic N) is 2. The molecule has 5 nitrogen and oxygen atoms in total. The summed E-state index contributed by atoms with van der Waals surface area (Å²) in [5, 5.41) is 2.94. The van der Waals surface area contributed by atoms with Gasteiger partial charge in [0.2, 0.25) is 0 Å². The van der Waals surface area contributed by atoms with E-state index in [9.17, 15) is 4.79 Å². The second-order valence-corrected chi connectivity index (χ2v) is 4.96. The molecule has 104 valence electrons. The van der Waals surface area contributed by atoms with E-state index in [1.165, 1.54) is 5.69 Å². The molecule has 0 radical (unpaired) electrons. The summed E-state index contributed by atoms with van der Waals surface area (Å²) in [5.41, 5.74) is 3.13. The molecule has 2 aromatic rings. The zero-order valence-corrected chi connectivity index (χ0v) is 11.3. The summed E-state index contributed by atoms with van der Waals surface area (Å²) in [5.74, 6) is 0. The Hall–Kier alpha value is -2.30. The fourth-order valence-corrected chi connectivity index (χ4v) is 2.51. The van der Waals surface area contributed by atoms with E-state index in [4.69, 9.17) is 0 Å². The van der Waals surface area contributed by atoms with Crippen LogP contribution in [0, 0.1) is 0 Å². The highest BCUT2D eigenvalue weighted by molar-refractivity contribution is 5.89. The summed E-state index contributed by atoms with van der Waals surface area (Å²) in [4.78, 5) is 21.6. The zero-order chi connectivity index (χ0) is 13.8. The fourth-order valence-electron chi connectivity index (χ4n) is 2.51. The smallest absolute Gasteiger partial charge is 0.321 e. The van der Waals surface area contributed by atoms with E-state index in [-0.39, 0.29) is 6.03 Å². The number of hydrogen-bond acceptors (Lipinski definition) is 2. The molecule has 0 atom stereocenters. The second-order valence-electron chi connectivity index (χ2n) is 4.96. The van der Waals surface area contributed by atoms with Crippen molar-refractivity contribution in [2.45, 2.75) is 19.3 Å². The standard InChI is InChI=1S/C15H18N4O/c20-15(18-12-5-2-1-3-6-12)19-9-4-7-13-14(8-10-19)17-11-16-13/h1-3,5-6,11H,4,7-10H2,(H,16,17)(H,18,20). The lowest BCUT2D eigenvalue weighted by atomic mass is 10.1. The SMILES string of the molecule is O=C(Nc1ccccc1)N1CCCc2[nH]cnc2CC1. The molecular weight excluding hydrogens is 252 g/mol. The Morgan fingerprint density at radius 2 is 2.05 bits per heavy atom. The first kappa shape index (κ1) is 12.7. The monoisotopic (exact) mass is 270 g/mol. The Kier molecular flexibility index (Phi) is 3.67. The first-order valence-corrected chi connectivity index (χ1v) is 6.95. The molecule has 5 heteroatoms. The lowest BCUT2D eigenvalue weighted by molar-refractivity contribution is 0.210. The first-order chi connectivity index (χ1) is 9.83. The minimum atomic E-state index is -0.0322. The Morgan fingerprint density at radius 3 is 2.90 bits per heavy atom. The molecule has 0 spiro atoms. The number of rotatable bonds is 1. The number of aromatic nitrogens is 2. The van der Waals surface area contributed by atoms with Crippen molar-refractivity contribution in [1.82, 2.24) is 14.9 Å². The van der Waals surface area contributed by atoms with Crippen LogP contribution in [0.15, 0.2) is 36.7 Å². The molecular formula is C15H18N4O. The van der Waals surface area contributed by atoms with E-state index in [0.717, 1.165) is 37.2 Å². The van der Waals surface area contributed by atoms with Gasteiger partial charge in [-0.25, -0.2) is 9.78 Å². The van der Waals surface area contributed by atoms with Gasteiger partial charge in [0.1, 0.15) is 0 Å². The van der Waals surface area contributed by atoms with Crippen LogP contribution in [0.2, 0.25) is 0 Å². The van der Waals surface area contributed by atoms with E-state index in [2.05, 4.69) is 15.3 Å². The van der Waals surface area contributed by atoms with Crippen molar-refractivity contribution in [1.29, 1.82) is 0 Å². The lowest BCUT2D eigenvalue weighted by Crippen LogP contribution is -2.38. The van der Waals surface area contributed by atoms with Gasteiger partial charge in [0.15, 0.2) is 0 Å². The van der Waals surface area contributed by atoms with Crippen molar-refractivity contribution in [2.24, 2.45) is 0 Å². The van der Waals surface area contributed by atoms with Gasteiger partial charge in [-0.1, -0.05) is 18.2 Å². The quantitative estimate of drug-likeness (QED) is 0.836. The van der Waals surface area contributed by atoms with Crippen molar-refractivity contribution in [3.05, 3.63) is 48.0 Å². The molecule has 1 aliphatic rings. The number of fused-ring (bicyclic) bond motifs is 1. The number of carbonyl (C=O) groups is 1. The van der Waals surface area contributed by atoms with E-state index in [0.29, 0.717) is 6.54 Å². The number of benzene rings is 1. The lowest BCUT2D eigenvalue weighted by Gasteiger charge is -2.24. The number of anilines is 1. The van der Waals surface area contributed by atoms with Crippen LogP contribution in [-0.2, 0) is 12.8 Å². The predicted molar refractivity (Wildman–Crippen MR) is 77.6 cm³/mol. The van der Waals surface area contributed by atoms with Crippen molar-refractivity contribution in [3.63, 3.8) is 0 Å². The summed E-state index contributed by atoms with van der Waals surface area (Å²) in [6.45, 7) is 1.48. The molecule has 0 fully saturated rings. The molecule has 0 aliphatic carbocycles. The molecule has 1 aromatic heterocycles. The van der Waals surface area contributed by atoms with Gasteiger partial charge in [-0.3, -0.25) is 0 Å². The van der Waals surface area contributed by atoms with Gasteiger partial charge in [-0.05, 0) is 25.0 Å². The molecule has 1 aromatic carbocycles.